The number of amides is 1. The molecule has 0 saturated carbocycles. The minimum atomic E-state index is -0.489. The first-order chi connectivity index (χ1) is 15.6. The highest BCUT2D eigenvalue weighted by molar-refractivity contribution is 6.06. The predicted octanol–water partition coefficient (Wildman–Crippen LogP) is 4.37. The molecule has 1 N–H and O–H groups in total. The molecular weight excluding hydrogens is 407 g/mol. The van der Waals surface area contributed by atoms with E-state index in [9.17, 15) is 9.18 Å². The number of fused-ring (bicyclic) bond motifs is 1. The van der Waals surface area contributed by atoms with Crippen LogP contribution < -0.4 is 5.32 Å². The maximum Gasteiger partial charge on any atom is 0.272 e. The summed E-state index contributed by atoms with van der Waals surface area (Å²) in [5, 5.41) is 15.0. The third kappa shape index (κ3) is 3.62. The number of para-hydroxylation sites is 1. The monoisotopic (exact) mass is 426 g/mol. The van der Waals surface area contributed by atoms with Crippen LogP contribution in [0.3, 0.4) is 0 Å². The van der Waals surface area contributed by atoms with Crippen LogP contribution in [-0.2, 0) is 6.54 Å². The van der Waals surface area contributed by atoms with E-state index in [2.05, 4.69) is 20.8 Å². The summed E-state index contributed by atoms with van der Waals surface area (Å²) in [5.74, 6) is -0.338. The Labute approximate surface area is 183 Å². The van der Waals surface area contributed by atoms with Crippen molar-refractivity contribution in [3.63, 3.8) is 0 Å². The third-order valence-electron chi connectivity index (χ3n) is 5.28. The van der Waals surface area contributed by atoms with E-state index >= 15 is 0 Å². The highest BCUT2D eigenvalue weighted by Gasteiger charge is 2.17. The van der Waals surface area contributed by atoms with E-state index < -0.39 is 5.82 Å². The van der Waals surface area contributed by atoms with Gasteiger partial charge < -0.3 is 9.88 Å². The van der Waals surface area contributed by atoms with Gasteiger partial charge in [0.05, 0.1) is 0 Å². The van der Waals surface area contributed by atoms with Gasteiger partial charge in [0.2, 0.25) is 0 Å². The van der Waals surface area contributed by atoms with E-state index in [0.717, 1.165) is 16.5 Å². The standard InChI is InChI=1S/C24H19FN6O/c1-16-27-28-29-31(16)22-14-19(11-12-20(22)25)26-24(32)23-13-18-9-5-6-10-21(18)30(23)15-17-7-3-2-4-8-17/h2-14H,15H2,1H3,(H,26,32). The van der Waals surface area contributed by atoms with Crippen molar-refractivity contribution in [1.82, 2.24) is 24.8 Å². The molecule has 0 aliphatic rings. The number of hydrogen-bond donors (Lipinski definition) is 1. The Morgan fingerprint density at radius 1 is 1.00 bits per heavy atom. The van der Waals surface area contributed by atoms with Gasteiger partial charge in [0.1, 0.15) is 17.2 Å². The summed E-state index contributed by atoms with van der Waals surface area (Å²) in [7, 11) is 0. The highest BCUT2D eigenvalue weighted by atomic mass is 19.1. The van der Waals surface area contributed by atoms with Gasteiger partial charge in [-0.2, -0.15) is 4.68 Å². The Morgan fingerprint density at radius 2 is 1.78 bits per heavy atom. The van der Waals surface area contributed by atoms with Crippen LogP contribution in [0.2, 0.25) is 0 Å². The number of benzene rings is 3. The molecule has 2 heterocycles. The maximum atomic E-state index is 14.4. The number of nitrogens with one attached hydrogen (secondary N) is 1. The summed E-state index contributed by atoms with van der Waals surface area (Å²) in [5.41, 5.74) is 3.17. The number of carbonyl (C=O) groups excluding carboxylic acids is 1. The molecule has 0 aliphatic carbocycles. The minimum Gasteiger partial charge on any atom is -0.332 e. The fourth-order valence-electron chi connectivity index (χ4n) is 3.74. The van der Waals surface area contributed by atoms with Crippen LogP contribution >= 0.6 is 0 Å². The number of rotatable bonds is 5. The normalized spacial score (nSPS) is 11.1. The lowest BCUT2D eigenvalue weighted by atomic mass is 10.2. The molecule has 1 amide bonds. The highest BCUT2D eigenvalue weighted by Crippen LogP contribution is 2.24. The first-order valence-electron chi connectivity index (χ1n) is 10.1. The molecule has 7 nitrogen and oxygen atoms in total. The van der Waals surface area contributed by atoms with Crippen molar-refractivity contribution < 1.29 is 9.18 Å². The number of tetrazole rings is 1. The lowest BCUT2D eigenvalue weighted by Crippen LogP contribution is -2.18. The first-order valence-corrected chi connectivity index (χ1v) is 10.1. The van der Waals surface area contributed by atoms with Gasteiger partial charge in [-0.25, -0.2) is 4.39 Å². The van der Waals surface area contributed by atoms with Crippen LogP contribution in [0.15, 0.2) is 78.9 Å². The molecule has 5 rings (SSSR count). The SMILES string of the molecule is Cc1nnnn1-c1cc(NC(=O)c2cc3ccccc3n2Cc2ccccc2)ccc1F. The molecule has 32 heavy (non-hydrogen) atoms. The summed E-state index contributed by atoms with van der Waals surface area (Å²) in [4.78, 5) is 13.3. The van der Waals surface area contributed by atoms with Gasteiger partial charge in [-0.3, -0.25) is 4.79 Å². The first kappa shape index (κ1) is 19.6. The largest absolute Gasteiger partial charge is 0.332 e. The van der Waals surface area contributed by atoms with E-state index in [4.69, 9.17) is 0 Å². The molecule has 3 aromatic carbocycles. The van der Waals surface area contributed by atoms with Gasteiger partial charge in [-0.15, -0.1) is 5.10 Å². The number of hydrogen-bond acceptors (Lipinski definition) is 4. The zero-order chi connectivity index (χ0) is 22.1. The Bertz CT molecular complexity index is 1420. The van der Waals surface area contributed by atoms with Crippen molar-refractivity contribution in [3.05, 3.63) is 102 Å². The fourth-order valence-corrected chi connectivity index (χ4v) is 3.74. The predicted molar refractivity (Wildman–Crippen MR) is 119 cm³/mol. The van der Waals surface area contributed by atoms with Gasteiger partial charge in [-0.1, -0.05) is 48.5 Å². The lowest BCUT2D eigenvalue weighted by molar-refractivity contribution is 0.101. The number of aromatic nitrogens is 5. The summed E-state index contributed by atoms with van der Waals surface area (Å²) in [6.45, 7) is 2.22. The van der Waals surface area contributed by atoms with Gasteiger partial charge in [-0.05, 0) is 53.2 Å². The fraction of sp³-hybridized carbons (Fsp3) is 0.0833. The van der Waals surface area contributed by atoms with Gasteiger partial charge in [0.15, 0.2) is 5.82 Å². The van der Waals surface area contributed by atoms with Crippen molar-refractivity contribution in [1.29, 1.82) is 0 Å². The molecule has 8 heteroatoms. The van der Waals surface area contributed by atoms with Crippen molar-refractivity contribution >= 4 is 22.5 Å². The summed E-state index contributed by atoms with van der Waals surface area (Å²) in [6.07, 6.45) is 0. The Hall–Kier alpha value is -4.33. The molecule has 0 aliphatic heterocycles. The van der Waals surface area contributed by atoms with Crippen molar-refractivity contribution in [3.8, 4) is 5.69 Å². The Morgan fingerprint density at radius 3 is 2.56 bits per heavy atom. The van der Waals surface area contributed by atoms with Crippen molar-refractivity contribution in [2.24, 2.45) is 0 Å². The van der Waals surface area contributed by atoms with Crippen molar-refractivity contribution in [2.75, 3.05) is 5.32 Å². The average molecular weight is 426 g/mol. The molecule has 5 aromatic rings. The summed E-state index contributed by atoms with van der Waals surface area (Å²) in [6, 6.07) is 24.0. The molecule has 2 aromatic heterocycles. The van der Waals surface area contributed by atoms with Crippen LogP contribution in [0, 0.1) is 12.7 Å². The second kappa shape index (κ2) is 8.07. The molecule has 0 saturated heterocycles. The summed E-state index contributed by atoms with van der Waals surface area (Å²) < 4.78 is 17.7. The number of halogens is 1. The average Bonchev–Trinajstić information content (AvgIpc) is 3.39. The molecule has 0 radical (unpaired) electrons. The third-order valence-corrected chi connectivity index (χ3v) is 5.28. The molecule has 0 fully saturated rings. The Balaban J connectivity index is 1.51. The topological polar surface area (TPSA) is 77.6 Å². The van der Waals surface area contributed by atoms with Crippen molar-refractivity contribution in [2.45, 2.75) is 13.5 Å². The quantitative estimate of drug-likeness (QED) is 0.453. The zero-order valence-electron chi connectivity index (χ0n) is 17.2. The van der Waals surface area contributed by atoms with Crippen LogP contribution in [0.5, 0.6) is 0 Å². The van der Waals surface area contributed by atoms with Gasteiger partial charge in [0, 0.05) is 23.1 Å². The van der Waals surface area contributed by atoms with Crippen LogP contribution in [0.25, 0.3) is 16.6 Å². The molecule has 0 spiro atoms. The van der Waals surface area contributed by atoms with Crippen LogP contribution in [0.1, 0.15) is 21.9 Å². The van der Waals surface area contributed by atoms with Crippen LogP contribution in [-0.4, -0.2) is 30.7 Å². The number of carbonyl (C=O) groups is 1. The van der Waals surface area contributed by atoms with E-state index in [-0.39, 0.29) is 11.6 Å². The second-order valence-electron chi connectivity index (χ2n) is 7.42. The summed E-state index contributed by atoms with van der Waals surface area (Å²) >= 11 is 0. The zero-order valence-corrected chi connectivity index (χ0v) is 17.2. The molecule has 0 bridgehead atoms. The number of nitrogens with zero attached hydrogens (tertiary/aromatic N) is 5. The second-order valence-corrected chi connectivity index (χ2v) is 7.42. The Kier molecular flexibility index (Phi) is 4.95. The smallest absolute Gasteiger partial charge is 0.272 e. The molecular formula is C24H19FN6O. The van der Waals surface area contributed by atoms with Crippen LogP contribution in [0.4, 0.5) is 10.1 Å². The van der Waals surface area contributed by atoms with Gasteiger partial charge in [0.25, 0.3) is 5.91 Å². The van der Waals surface area contributed by atoms with Gasteiger partial charge >= 0.3 is 0 Å². The number of aryl methyl sites for hydroxylation is 1. The van der Waals surface area contributed by atoms with E-state index in [1.54, 1.807) is 6.92 Å². The molecule has 0 unspecified atom stereocenters. The van der Waals surface area contributed by atoms with E-state index in [1.165, 1.54) is 22.9 Å². The minimum absolute atomic E-state index is 0.162. The molecule has 158 valence electrons. The maximum absolute atomic E-state index is 14.4. The lowest BCUT2D eigenvalue weighted by Gasteiger charge is -2.12. The van der Waals surface area contributed by atoms with E-state index in [0.29, 0.717) is 23.8 Å². The van der Waals surface area contributed by atoms with E-state index in [1.807, 2.05) is 65.2 Å². The molecule has 0 atom stereocenters. The number of anilines is 1.